The minimum Gasteiger partial charge on any atom is -0.479 e. The third-order valence-electron chi connectivity index (χ3n) is 2.58. The van der Waals surface area contributed by atoms with Gasteiger partial charge in [0.25, 0.3) is 5.91 Å². The highest BCUT2D eigenvalue weighted by Gasteiger charge is 2.22. The van der Waals surface area contributed by atoms with Crippen molar-refractivity contribution in [3.63, 3.8) is 0 Å². The molecular weight excluding hydrogens is 276 g/mol. The second kappa shape index (κ2) is 6.95. The smallest absolute Gasteiger partial charge is 0.261 e. The zero-order valence-corrected chi connectivity index (χ0v) is 13.5. The van der Waals surface area contributed by atoms with Crippen molar-refractivity contribution in [1.82, 2.24) is 10.6 Å². The van der Waals surface area contributed by atoms with E-state index in [1.54, 1.807) is 13.0 Å². The molecule has 0 saturated carbocycles. The van der Waals surface area contributed by atoms with Crippen LogP contribution >= 0.6 is 11.6 Å². The molecule has 1 unspecified atom stereocenters. The lowest BCUT2D eigenvalue weighted by molar-refractivity contribution is -0.128. The van der Waals surface area contributed by atoms with E-state index in [0.717, 1.165) is 5.56 Å². The molecule has 0 aliphatic rings. The van der Waals surface area contributed by atoms with Gasteiger partial charge >= 0.3 is 0 Å². The lowest BCUT2D eigenvalue weighted by Crippen LogP contribution is -2.46. The van der Waals surface area contributed by atoms with E-state index in [0.29, 0.717) is 17.3 Å². The second-order valence-corrected chi connectivity index (χ2v) is 6.16. The van der Waals surface area contributed by atoms with Gasteiger partial charge in [-0.1, -0.05) is 23.7 Å². The van der Waals surface area contributed by atoms with Crippen LogP contribution in [0.1, 0.15) is 33.3 Å². The Morgan fingerprint density at radius 1 is 1.40 bits per heavy atom. The topological polar surface area (TPSA) is 50.4 Å². The second-order valence-electron chi connectivity index (χ2n) is 5.76. The summed E-state index contributed by atoms with van der Waals surface area (Å²) in [5.74, 6) is 0.396. The van der Waals surface area contributed by atoms with Crippen LogP contribution in [0.4, 0.5) is 0 Å². The summed E-state index contributed by atoms with van der Waals surface area (Å²) in [6.07, 6.45) is -0.607. The van der Waals surface area contributed by atoms with E-state index < -0.39 is 6.10 Å². The molecule has 5 heteroatoms. The van der Waals surface area contributed by atoms with E-state index in [-0.39, 0.29) is 11.4 Å². The maximum absolute atomic E-state index is 12.0. The van der Waals surface area contributed by atoms with Crippen molar-refractivity contribution in [2.24, 2.45) is 0 Å². The number of carbonyl (C=O) groups excluding carboxylic acids is 1. The van der Waals surface area contributed by atoms with Crippen molar-refractivity contribution in [2.45, 2.75) is 45.9 Å². The van der Waals surface area contributed by atoms with E-state index in [2.05, 4.69) is 10.6 Å². The van der Waals surface area contributed by atoms with Crippen LogP contribution < -0.4 is 15.4 Å². The van der Waals surface area contributed by atoms with Gasteiger partial charge in [0, 0.05) is 17.6 Å². The van der Waals surface area contributed by atoms with E-state index in [9.17, 15) is 4.79 Å². The first kappa shape index (κ1) is 16.8. The molecule has 0 aromatic heterocycles. The monoisotopic (exact) mass is 298 g/mol. The van der Waals surface area contributed by atoms with Crippen LogP contribution in [-0.2, 0) is 11.3 Å². The van der Waals surface area contributed by atoms with Gasteiger partial charge < -0.3 is 15.4 Å². The molecule has 112 valence electrons. The summed E-state index contributed by atoms with van der Waals surface area (Å²) in [6.45, 7) is 8.13. The van der Waals surface area contributed by atoms with E-state index in [1.807, 2.05) is 40.0 Å². The van der Waals surface area contributed by atoms with E-state index in [1.165, 1.54) is 0 Å². The summed E-state index contributed by atoms with van der Waals surface area (Å²) in [5, 5.41) is 6.45. The quantitative estimate of drug-likeness (QED) is 0.879. The first-order valence-corrected chi connectivity index (χ1v) is 7.03. The van der Waals surface area contributed by atoms with Gasteiger partial charge in [0.05, 0.1) is 5.02 Å². The minimum atomic E-state index is -0.607. The van der Waals surface area contributed by atoms with Gasteiger partial charge in [-0.25, -0.2) is 0 Å². The van der Waals surface area contributed by atoms with Gasteiger partial charge in [0.1, 0.15) is 5.75 Å². The lowest BCUT2D eigenvalue weighted by atomic mass is 10.1. The maximum Gasteiger partial charge on any atom is 0.261 e. The number of hydrogen-bond donors (Lipinski definition) is 2. The number of benzene rings is 1. The standard InChI is InChI=1S/C15H23ClN2O2/c1-10(14(19)18-15(2,3)4)20-13-11(9-17-5)7-6-8-12(13)16/h6-8,10,17H,9H2,1-5H3,(H,18,19). The van der Waals surface area contributed by atoms with Crippen molar-refractivity contribution in [1.29, 1.82) is 0 Å². The summed E-state index contributed by atoms with van der Waals surface area (Å²) in [4.78, 5) is 12.0. The van der Waals surface area contributed by atoms with Crippen LogP contribution in [0.25, 0.3) is 0 Å². The summed E-state index contributed by atoms with van der Waals surface area (Å²) in [6, 6.07) is 5.54. The summed E-state index contributed by atoms with van der Waals surface area (Å²) in [7, 11) is 1.85. The van der Waals surface area contributed by atoms with Gasteiger partial charge in [-0.05, 0) is 40.8 Å². The van der Waals surface area contributed by atoms with Gasteiger partial charge in [-0.2, -0.15) is 0 Å². The fourth-order valence-electron chi connectivity index (χ4n) is 1.72. The molecule has 0 aliphatic heterocycles. The molecule has 0 radical (unpaired) electrons. The number of nitrogens with one attached hydrogen (secondary N) is 2. The van der Waals surface area contributed by atoms with Crippen molar-refractivity contribution >= 4 is 17.5 Å². The zero-order chi connectivity index (χ0) is 15.3. The molecule has 0 spiro atoms. The molecule has 1 rings (SSSR count). The third-order valence-corrected chi connectivity index (χ3v) is 2.88. The Morgan fingerprint density at radius 3 is 2.60 bits per heavy atom. The average Bonchev–Trinajstić information content (AvgIpc) is 2.31. The van der Waals surface area contributed by atoms with Gasteiger partial charge in [-0.3, -0.25) is 4.79 Å². The Hall–Kier alpha value is -1.26. The molecule has 0 aliphatic carbocycles. The van der Waals surface area contributed by atoms with Crippen molar-refractivity contribution in [2.75, 3.05) is 7.05 Å². The van der Waals surface area contributed by atoms with Gasteiger partial charge in [0.15, 0.2) is 6.10 Å². The molecule has 0 saturated heterocycles. The predicted octanol–water partition coefficient (Wildman–Crippen LogP) is 2.74. The molecule has 1 aromatic carbocycles. The van der Waals surface area contributed by atoms with Crippen molar-refractivity contribution < 1.29 is 9.53 Å². The Labute approximate surface area is 125 Å². The number of ether oxygens (including phenoxy) is 1. The molecule has 2 N–H and O–H groups in total. The van der Waals surface area contributed by atoms with Crippen molar-refractivity contribution in [3.8, 4) is 5.75 Å². The van der Waals surface area contributed by atoms with Crippen molar-refractivity contribution in [3.05, 3.63) is 28.8 Å². The highest BCUT2D eigenvalue weighted by molar-refractivity contribution is 6.32. The van der Waals surface area contributed by atoms with Gasteiger partial charge in [0.2, 0.25) is 0 Å². The molecule has 0 bridgehead atoms. The zero-order valence-electron chi connectivity index (χ0n) is 12.7. The molecule has 1 atom stereocenters. The molecule has 1 aromatic rings. The number of hydrogen-bond acceptors (Lipinski definition) is 3. The SMILES string of the molecule is CNCc1cccc(Cl)c1OC(C)C(=O)NC(C)(C)C. The number of para-hydroxylation sites is 1. The molecule has 1 amide bonds. The minimum absolute atomic E-state index is 0.159. The molecule has 0 heterocycles. The lowest BCUT2D eigenvalue weighted by Gasteiger charge is -2.24. The summed E-state index contributed by atoms with van der Waals surface area (Å²) in [5.41, 5.74) is 0.638. The fraction of sp³-hybridized carbons (Fsp3) is 0.533. The predicted molar refractivity (Wildman–Crippen MR) is 82.2 cm³/mol. The Morgan fingerprint density at radius 2 is 2.05 bits per heavy atom. The van der Waals surface area contributed by atoms with Crippen LogP contribution in [-0.4, -0.2) is 24.6 Å². The van der Waals surface area contributed by atoms with Gasteiger partial charge in [-0.15, -0.1) is 0 Å². The highest BCUT2D eigenvalue weighted by Crippen LogP contribution is 2.29. The first-order chi connectivity index (χ1) is 9.24. The Balaban J connectivity index is 2.84. The number of rotatable bonds is 5. The average molecular weight is 299 g/mol. The van der Waals surface area contributed by atoms with Crippen LogP contribution in [0.5, 0.6) is 5.75 Å². The largest absolute Gasteiger partial charge is 0.479 e. The maximum atomic E-state index is 12.0. The van der Waals surface area contributed by atoms with Crippen LogP contribution in [0.3, 0.4) is 0 Å². The normalized spacial score (nSPS) is 12.9. The van der Waals surface area contributed by atoms with Crippen LogP contribution in [0.2, 0.25) is 5.02 Å². The fourth-order valence-corrected chi connectivity index (χ4v) is 1.96. The van der Waals surface area contributed by atoms with E-state index in [4.69, 9.17) is 16.3 Å². The summed E-state index contributed by atoms with van der Waals surface area (Å²) < 4.78 is 5.75. The third kappa shape index (κ3) is 5.02. The highest BCUT2D eigenvalue weighted by atomic mass is 35.5. The molecular formula is C15H23ClN2O2. The Bertz CT molecular complexity index is 469. The first-order valence-electron chi connectivity index (χ1n) is 6.65. The van der Waals surface area contributed by atoms with Crippen LogP contribution in [0, 0.1) is 0 Å². The number of halogens is 1. The molecule has 4 nitrogen and oxygen atoms in total. The Kier molecular flexibility index (Phi) is 5.84. The molecule has 0 fully saturated rings. The van der Waals surface area contributed by atoms with E-state index >= 15 is 0 Å². The summed E-state index contributed by atoms with van der Waals surface area (Å²) >= 11 is 6.16. The number of amides is 1. The van der Waals surface area contributed by atoms with Crippen LogP contribution in [0.15, 0.2) is 18.2 Å². The number of carbonyl (C=O) groups is 1. The molecule has 20 heavy (non-hydrogen) atoms.